The number of nitrogens with two attached hydrogens (primary N) is 1. The van der Waals surface area contributed by atoms with Gasteiger partial charge in [-0.25, -0.2) is 9.59 Å². The van der Waals surface area contributed by atoms with Crippen LogP contribution >= 0.6 is 15.9 Å². The van der Waals surface area contributed by atoms with E-state index in [1.807, 2.05) is 24.3 Å². The standard InChI is InChI=1S/C15H13BrN2O3/c16-12-6-4-10(5-7-12)9-21-14(19)11-2-1-3-13(8-11)18-15(17)20/h1-8H,9H2,(H3,17,18,20). The molecule has 0 aliphatic carbocycles. The maximum atomic E-state index is 11.9. The van der Waals surface area contributed by atoms with Gasteiger partial charge in [0, 0.05) is 10.2 Å². The Labute approximate surface area is 130 Å². The SMILES string of the molecule is NC(=O)Nc1cccc(C(=O)OCc2ccc(Br)cc2)c1. The number of hydrogen-bond acceptors (Lipinski definition) is 3. The first kappa shape index (κ1) is 15.1. The molecule has 0 saturated heterocycles. The summed E-state index contributed by atoms with van der Waals surface area (Å²) in [6, 6.07) is 13.2. The van der Waals surface area contributed by atoms with Gasteiger partial charge in [0.15, 0.2) is 0 Å². The summed E-state index contributed by atoms with van der Waals surface area (Å²) in [7, 11) is 0. The molecule has 0 unspecified atom stereocenters. The molecular formula is C15H13BrN2O3. The van der Waals surface area contributed by atoms with Crippen LogP contribution in [0.3, 0.4) is 0 Å². The van der Waals surface area contributed by atoms with Crippen LogP contribution in [0.4, 0.5) is 10.5 Å². The maximum Gasteiger partial charge on any atom is 0.338 e. The second-order valence-corrected chi connectivity index (χ2v) is 5.19. The molecule has 3 N–H and O–H groups in total. The van der Waals surface area contributed by atoms with Crippen molar-refractivity contribution in [3.63, 3.8) is 0 Å². The maximum absolute atomic E-state index is 11.9. The highest BCUT2D eigenvalue weighted by Gasteiger charge is 2.08. The van der Waals surface area contributed by atoms with Crippen LogP contribution in [0, 0.1) is 0 Å². The number of hydrogen-bond donors (Lipinski definition) is 2. The highest BCUT2D eigenvalue weighted by atomic mass is 79.9. The molecule has 2 rings (SSSR count). The molecule has 0 aliphatic rings. The van der Waals surface area contributed by atoms with Crippen molar-refractivity contribution in [3.05, 3.63) is 64.1 Å². The fourth-order valence-corrected chi connectivity index (χ4v) is 1.94. The monoisotopic (exact) mass is 348 g/mol. The normalized spacial score (nSPS) is 9.95. The molecule has 0 bridgehead atoms. The van der Waals surface area contributed by atoms with E-state index >= 15 is 0 Å². The number of amides is 2. The number of nitrogens with one attached hydrogen (secondary N) is 1. The fraction of sp³-hybridized carbons (Fsp3) is 0.0667. The smallest absolute Gasteiger partial charge is 0.338 e. The van der Waals surface area contributed by atoms with Crippen molar-refractivity contribution in [2.45, 2.75) is 6.61 Å². The fourth-order valence-electron chi connectivity index (χ4n) is 1.68. The molecule has 6 heteroatoms. The molecule has 2 amide bonds. The largest absolute Gasteiger partial charge is 0.457 e. The molecule has 2 aromatic carbocycles. The Balaban J connectivity index is 1.99. The van der Waals surface area contributed by atoms with Gasteiger partial charge in [-0.15, -0.1) is 0 Å². The molecule has 0 spiro atoms. The zero-order chi connectivity index (χ0) is 15.2. The van der Waals surface area contributed by atoms with Gasteiger partial charge >= 0.3 is 12.0 Å². The van der Waals surface area contributed by atoms with Crippen molar-refractivity contribution < 1.29 is 14.3 Å². The Morgan fingerprint density at radius 3 is 2.52 bits per heavy atom. The molecule has 5 nitrogen and oxygen atoms in total. The van der Waals surface area contributed by atoms with Crippen LogP contribution in [0.5, 0.6) is 0 Å². The summed E-state index contributed by atoms with van der Waals surface area (Å²) >= 11 is 3.34. The Morgan fingerprint density at radius 1 is 1.14 bits per heavy atom. The van der Waals surface area contributed by atoms with Gasteiger partial charge in [-0.05, 0) is 35.9 Å². The number of anilines is 1. The number of rotatable bonds is 4. The molecule has 0 fully saturated rings. The van der Waals surface area contributed by atoms with E-state index in [9.17, 15) is 9.59 Å². The number of urea groups is 1. The van der Waals surface area contributed by atoms with Crippen molar-refractivity contribution in [3.8, 4) is 0 Å². The van der Waals surface area contributed by atoms with Crippen molar-refractivity contribution in [2.24, 2.45) is 5.73 Å². The summed E-state index contributed by atoms with van der Waals surface area (Å²) in [4.78, 5) is 22.7. The average Bonchev–Trinajstić information content (AvgIpc) is 2.46. The van der Waals surface area contributed by atoms with Gasteiger partial charge in [0.05, 0.1) is 5.56 Å². The highest BCUT2D eigenvalue weighted by Crippen LogP contribution is 2.14. The van der Waals surface area contributed by atoms with Gasteiger partial charge in [0.1, 0.15) is 6.61 Å². The van der Waals surface area contributed by atoms with Crippen molar-refractivity contribution >= 4 is 33.6 Å². The summed E-state index contributed by atoms with van der Waals surface area (Å²) < 4.78 is 6.18. The van der Waals surface area contributed by atoms with E-state index in [-0.39, 0.29) is 6.61 Å². The second-order valence-electron chi connectivity index (χ2n) is 4.27. The summed E-state index contributed by atoms with van der Waals surface area (Å²) in [5, 5.41) is 2.41. The first-order valence-corrected chi connectivity index (χ1v) is 6.92. The third-order valence-corrected chi connectivity index (χ3v) is 3.18. The van der Waals surface area contributed by atoms with Gasteiger partial charge in [-0.3, -0.25) is 0 Å². The van der Waals surface area contributed by atoms with E-state index in [1.165, 1.54) is 6.07 Å². The topological polar surface area (TPSA) is 81.4 Å². The van der Waals surface area contributed by atoms with E-state index < -0.39 is 12.0 Å². The number of esters is 1. The highest BCUT2D eigenvalue weighted by molar-refractivity contribution is 9.10. The van der Waals surface area contributed by atoms with E-state index in [0.29, 0.717) is 11.3 Å². The van der Waals surface area contributed by atoms with E-state index in [2.05, 4.69) is 21.2 Å². The van der Waals surface area contributed by atoms with Crippen molar-refractivity contribution in [1.82, 2.24) is 0 Å². The van der Waals surface area contributed by atoms with Gasteiger partial charge in [0.25, 0.3) is 0 Å². The van der Waals surface area contributed by atoms with Gasteiger partial charge in [-0.1, -0.05) is 34.1 Å². The summed E-state index contributed by atoms with van der Waals surface area (Å²) in [5.41, 5.74) is 6.71. The van der Waals surface area contributed by atoms with Crippen LogP contribution in [-0.4, -0.2) is 12.0 Å². The number of carbonyl (C=O) groups is 2. The lowest BCUT2D eigenvalue weighted by Gasteiger charge is -2.07. The van der Waals surface area contributed by atoms with E-state index in [1.54, 1.807) is 18.2 Å². The van der Waals surface area contributed by atoms with Gasteiger partial charge in [0.2, 0.25) is 0 Å². The Morgan fingerprint density at radius 2 is 1.86 bits per heavy atom. The molecule has 0 saturated carbocycles. The first-order valence-electron chi connectivity index (χ1n) is 6.12. The first-order chi connectivity index (χ1) is 10.0. The van der Waals surface area contributed by atoms with Crippen LogP contribution in [-0.2, 0) is 11.3 Å². The van der Waals surface area contributed by atoms with E-state index in [4.69, 9.17) is 10.5 Å². The van der Waals surface area contributed by atoms with Crippen LogP contribution in [0.15, 0.2) is 53.0 Å². The van der Waals surface area contributed by atoms with Crippen LogP contribution in [0.1, 0.15) is 15.9 Å². The molecular weight excluding hydrogens is 336 g/mol. The Bertz CT molecular complexity index is 656. The number of carbonyl (C=O) groups excluding carboxylic acids is 2. The minimum Gasteiger partial charge on any atom is -0.457 e. The minimum absolute atomic E-state index is 0.180. The zero-order valence-corrected chi connectivity index (χ0v) is 12.6. The number of benzene rings is 2. The molecule has 2 aromatic rings. The lowest BCUT2D eigenvalue weighted by atomic mass is 10.2. The second kappa shape index (κ2) is 6.90. The predicted molar refractivity (Wildman–Crippen MR) is 82.9 cm³/mol. The lowest BCUT2D eigenvalue weighted by molar-refractivity contribution is 0.0472. The molecule has 0 radical (unpaired) electrons. The molecule has 21 heavy (non-hydrogen) atoms. The number of halogens is 1. The molecule has 108 valence electrons. The quantitative estimate of drug-likeness (QED) is 0.831. The molecule has 0 atom stereocenters. The van der Waals surface area contributed by atoms with Crippen LogP contribution in [0.25, 0.3) is 0 Å². The van der Waals surface area contributed by atoms with Crippen molar-refractivity contribution in [1.29, 1.82) is 0 Å². The Kier molecular flexibility index (Phi) is 4.94. The van der Waals surface area contributed by atoms with Gasteiger partial charge < -0.3 is 15.8 Å². The number of ether oxygens (including phenoxy) is 1. The molecule has 0 heterocycles. The van der Waals surface area contributed by atoms with Crippen LogP contribution < -0.4 is 11.1 Å². The summed E-state index contributed by atoms with van der Waals surface area (Å²) in [6.07, 6.45) is 0. The molecule has 0 aromatic heterocycles. The number of primary amides is 1. The average molecular weight is 349 g/mol. The summed E-state index contributed by atoms with van der Waals surface area (Å²) in [6.45, 7) is 0.180. The lowest BCUT2D eigenvalue weighted by Crippen LogP contribution is -2.19. The predicted octanol–water partition coefficient (Wildman–Crippen LogP) is 3.30. The third-order valence-electron chi connectivity index (χ3n) is 2.65. The summed E-state index contributed by atoms with van der Waals surface area (Å²) in [5.74, 6) is -0.467. The van der Waals surface area contributed by atoms with Crippen molar-refractivity contribution in [2.75, 3.05) is 5.32 Å². The zero-order valence-electron chi connectivity index (χ0n) is 11.0. The minimum atomic E-state index is -0.685. The van der Waals surface area contributed by atoms with Gasteiger partial charge in [-0.2, -0.15) is 0 Å². The van der Waals surface area contributed by atoms with Crippen LogP contribution in [0.2, 0.25) is 0 Å². The third kappa shape index (κ3) is 4.61. The van der Waals surface area contributed by atoms with E-state index in [0.717, 1.165) is 10.0 Å². The Hall–Kier alpha value is -2.34. The molecule has 0 aliphatic heterocycles.